The zero-order valence-electron chi connectivity index (χ0n) is 35.5. The van der Waals surface area contributed by atoms with Gasteiger partial charge >= 0.3 is 0 Å². The van der Waals surface area contributed by atoms with E-state index in [1.807, 2.05) is 18.2 Å². The second-order valence-corrected chi connectivity index (χ2v) is 17.9. The molecule has 0 bridgehead atoms. The third-order valence-electron chi connectivity index (χ3n) is 13.9. The van der Waals surface area contributed by atoms with Gasteiger partial charge < -0.3 is 4.42 Å². The van der Waals surface area contributed by atoms with Gasteiger partial charge in [0.15, 0.2) is 17.5 Å². The Hall–Kier alpha value is -7.95. The molecule has 302 valence electrons. The lowest BCUT2D eigenvalue weighted by atomic mass is 9.71. The fourth-order valence-corrected chi connectivity index (χ4v) is 10.7. The number of furan rings is 1. The maximum atomic E-state index is 6.56. The van der Waals surface area contributed by atoms with Crippen molar-refractivity contribution in [3.05, 3.63) is 221 Å². The van der Waals surface area contributed by atoms with Crippen molar-refractivity contribution in [1.82, 2.24) is 15.0 Å². The first kappa shape index (κ1) is 36.7. The number of nitrogens with zero attached hydrogens (tertiary/aromatic N) is 3. The molecule has 2 unspecified atom stereocenters. The van der Waals surface area contributed by atoms with E-state index in [0.29, 0.717) is 29.3 Å². The molecule has 0 saturated carbocycles. The van der Waals surface area contributed by atoms with E-state index in [4.69, 9.17) is 19.4 Å². The minimum atomic E-state index is -0.0848. The SMILES string of the molecule is CC1(C)c2ccccc2-c2cc(-c3nc(-c4ccccc4)nc(-c4cccc(-c5cccc6oc7ccc(-c8ccc9c(c8)C8C=Cc%10ccccc%10C8C=C9)cc7c56)c4)n3)ccc21. The molecule has 10 aromatic rings. The Morgan fingerprint density at radius 1 is 0.406 bits per heavy atom. The molecule has 13 rings (SSSR count). The lowest BCUT2D eigenvalue weighted by Gasteiger charge is -2.32. The highest BCUT2D eigenvalue weighted by Crippen LogP contribution is 2.50. The van der Waals surface area contributed by atoms with Gasteiger partial charge in [-0.05, 0) is 103 Å². The first-order valence-electron chi connectivity index (χ1n) is 22.2. The molecule has 64 heavy (non-hydrogen) atoms. The van der Waals surface area contributed by atoms with Crippen LogP contribution in [-0.4, -0.2) is 15.0 Å². The van der Waals surface area contributed by atoms with Crippen LogP contribution in [0.25, 0.3) is 102 Å². The molecule has 0 spiro atoms. The summed E-state index contributed by atoms with van der Waals surface area (Å²) in [5, 5.41) is 2.18. The van der Waals surface area contributed by atoms with Gasteiger partial charge in [0, 0.05) is 44.7 Å². The van der Waals surface area contributed by atoms with E-state index >= 15 is 0 Å². The molecule has 2 aromatic heterocycles. The third-order valence-corrected chi connectivity index (χ3v) is 13.9. The summed E-state index contributed by atoms with van der Waals surface area (Å²) >= 11 is 0. The van der Waals surface area contributed by atoms with Crippen LogP contribution in [0.4, 0.5) is 0 Å². The van der Waals surface area contributed by atoms with Gasteiger partial charge in [0.25, 0.3) is 0 Å². The standard InChI is InChI=1S/C60H41N3O/c1-60(2)52-20-9-8-18-48(52)50-35-43(26-30-53(50)60)59-62-57(38-13-4-3-5-14-38)61-58(63-59)42-16-10-15-41(32-42)45-19-11-21-55-56(45)51-34-40(27-31-54(51)64-55)39-23-22-37-25-28-46-44-17-7-6-12-36(44)24-29-47(46)49(37)33-39/h3-35,46-47H,1-2H3. The second kappa shape index (κ2) is 14.0. The maximum absolute atomic E-state index is 6.56. The zero-order chi connectivity index (χ0) is 42.5. The van der Waals surface area contributed by atoms with Gasteiger partial charge in [0.1, 0.15) is 11.2 Å². The Morgan fingerprint density at radius 3 is 1.88 bits per heavy atom. The summed E-state index contributed by atoms with van der Waals surface area (Å²) in [7, 11) is 0. The molecular weight excluding hydrogens is 779 g/mol. The molecule has 4 heteroatoms. The number of hydrogen-bond donors (Lipinski definition) is 0. The molecule has 3 aliphatic rings. The highest BCUT2D eigenvalue weighted by atomic mass is 16.3. The maximum Gasteiger partial charge on any atom is 0.164 e. The largest absolute Gasteiger partial charge is 0.456 e. The third kappa shape index (κ3) is 5.72. The summed E-state index contributed by atoms with van der Waals surface area (Å²) < 4.78 is 6.56. The smallest absolute Gasteiger partial charge is 0.164 e. The molecule has 0 saturated heterocycles. The Balaban J connectivity index is 0.906. The zero-order valence-corrected chi connectivity index (χ0v) is 35.5. The van der Waals surface area contributed by atoms with E-state index in [9.17, 15) is 0 Å². The number of hydrogen-bond acceptors (Lipinski definition) is 4. The minimum Gasteiger partial charge on any atom is -0.456 e. The summed E-state index contributed by atoms with van der Waals surface area (Å²) in [5.41, 5.74) is 19.5. The van der Waals surface area contributed by atoms with Gasteiger partial charge in [-0.25, -0.2) is 15.0 Å². The van der Waals surface area contributed by atoms with Crippen molar-refractivity contribution in [2.75, 3.05) is 0 Å². The van der Waals surface area contributed by atoms with Crippen LogP contribution in [0.15, 0.2) is 192 Å². The fourth-order valence-electron chi connectivity index (χ4n) is 10.7. The van der Waals surface area contributed by atoms with Gasteiger partial charge in [-0.15, -0.1) is 0 Å². The lowest BCUT2D eigenvalue weighted by Crippen LogP contribution is -2.15. The Kier molecular flexibility index (Phi) is 8.04. The van der Waals surface area contributed by atoms with Crippen LogP contribution >= 0.6 is 0 Å². The van der Waals surface area contributed by atoms with Crippen molar-refractivity contribution in [3.8, 4) is 67.5 Å². The number of benzene rings is 8. The van der Waals surface area contributed by atoms with Crippen LogP contribution in [0.3, 0.4) is 0 Å². The Labute approximate surface area is 372 Å². The minimum absolute atomic E-state index is 0.0848. The highest BCUT2D eigenvalue weighted by molar-refractivity contribution is 6.13. The van der Waals surface area contributed by atoms with Crippen LogP contribution in [0.2, 0.25) is 0 Å². The van der Waals surface area contributed by atoms with E-state index in [1.165, 1.54) is 50.1 Å². The van der Waals surface area contributed by atoms with E-state index < -0.39 is 0 Å². The van der Waals surface area contributed by atoms with E-state index in [2.05, 4.69) is 196 Å². The first-order valence-corrected chi connectivity index (χ1v) is 22.2. The summed E-state index contributed by atoms with van der Waals surface area (Å²) in [6.07, 6.45) is 9.36. The van der Waals surface area contributed by atoms with E-state index in [0.717, 1.165) is 55.3 Å². The van der Waals surface area contributed by atoms with Crippen LogP contribution in [-0.2, 0) is 5.41 Å². The topological polar surface area (TPSA) is 51.8 Å². The van der Waals surface area contributed by atoms with Crippen molar-refractivity contribution in [2.24, 2.45) is 0 Å². The molecule has 0 fully saturated rings. The molecule has 2 atom stereocenters. The van der Waals surface area contributed by atoms with Crippen molar-refractivity contribution in [3.63, 3.8) is 0 Å². The van der Waals surface area contributed by atoms with Crippen LogP contribution in [0.1, 0.15) is 59.1 Å². The second-order valence-electron chi connectivity index (χ2n) is 17.9. The van der Waals surface area contributed by atoms with E-state index in [-0.39, 0.29) is 5.41 Å². The molecule has 0 N–H and O–H groups in total. The lowest BCUT2D eigenvalue weighted by molar-refractivity contribution is 0.660. The summed E-state index contributed by atoms with van der Waals surface area (Å²) in [4.78, 5) is 15.5. The average Bonchev–Trinajstić information content (AvgIpc) is 3.84. The number of aromatic nitrogens is 3. The van der Waals surface area contributed by atoms with Crippen molar-refractivity contribution in [1.29, 1.82) is 0 Å². The van der Waals surface area contributed by atoms with Crippen molar-refractivity contribution in [2.45, 2.75) is 31.1 Å². The quantitative estimate of drug-likeness (QED) is 0.174. The number of fused-ring (bicyclic) bond motifs is 11. The van der Waals surface area contributed by atoms with Gasteiger partial charge in [-0.1, -0.05) is 178 Å². The summed E-state index contributed by atoms with van der Waals surface area (Å²) in [6.45, 7) is 4.61. The summed E-state index contributed by atoms with van der Waals surface area (Å²) in [5.74, 6) is 2.55. The van der Waals surface area contributed by atoms with E-state index in [1.54, 1.807) is 0 Å². The monoisotopic (exact) mass is 819 g/mol. The van der Waals surface area contributed by atoms with Gasteiger partial charge in [0.2, 0.25) is 0 Å². The average molecular weight is 820 g/mol. The summed E-state index contributed by atoms with van der Waals surface area (Å²) in [6, 6.07) is 62.9. The predicted octanol–water partition coefficient (Wildman–Crippen LogP) is 15.3. The fraction of sp³-hybridized carbons (Fsp3) is 0.0833. The van der Waals surface area contributed by atoms with Gasteiger partial charge in [0.05, 0.1) is 0 Å². The van der Waals surface area contributed by atoms with Crippen LogP contribution in [0, 0.1) is 0 Å². The first-order chi connectivity index (χ1) is 31.4. The van der Waals surface area contributed by atoms with Crippen LogP contribution in [0.5, 0.6) is 0 Å². The highest BCUT2D eigenvalue weighted by Gasteiger charge is 2.35. The number of rotatable bonds is 5. The molecule has 4 nitrogen and oxygen atoms in total. The molecule has 0 radical (unpaired) electrons. The molecule has 3 aliphatic carbocycles. The molecular formula is C60H41N3O. The Morgan fingerprint density at radius 2 is 1.02 bits per heavy atom. The van der Waals surface area contributed by atoms with Crippen molar-refractivity contribution >= 4 is 34.1 Å². The normalized spacial score (nSPS) is 16.3. The predicted molar refractivity (Wildman–Crippen MR) is 262 cm³/mol. The van der Waals surface area contributed by atoms with Gasteiger partial charge in [-0.2, -0.15) is 0 Å². The number of allylic oxidation sites excluding steroid dienone is 2. The molecule has 0 amide bonds. The molecule has 8 aromatic carbocycles. The van der Waals surface area contributed by atoms with Crippen LogP contribution < -0.4 is 0 Å². The molecule has 0 aliphatic heterocycles. The molecule has 2 heterocycles. The van der Waals surface area contributed by atoms with Gasteiger partial charge in [-0.3, -0.25) is 0 Å². The van der Waals surface area contributed by atoms with Crippen molar-refractivity contribution < 1.29 is 4.42 Å². The Bertz CT molecular complexity index is 3610.